The van der Waals surface area contributed by atoms with E-state index in [4.69, 9.17) is 0 Å². The molecule has 0 saturated heterocycles. The first-order chi connectivity index (χ1) is 9.73. The predicted octanol–water partition coefficient (Wildman–Crippen LogP) is 4.69. The molecule has 1 fully saturated rings. The highest BCUT2D eigenvalue weighted by Gasteiger charge is 2.46. The van der Waals surface area contributed by atoms with Gasteiger partial charge in [-0.3, -0.25) is 4.79 Å². The van der Waals surface area contributed by atoms with E-state index in [1.54, 1.807) is 11.3 Å². The molecule has 0 radical (unpaired) electrons. The minimum atomic E-state index is -0.652. The summed E-state index contributed by atoms with van der Waals surface area (Å²) in [5, 5.41) is 15.2. The number of halogens is 1. The van der Waals surface area contributed by atoms with Crippen LogP contribution in [0, 0.1) is 17.3 Å². The van der Waals surface area contributed by atoms with Gasteiger partial charge in [0.15, 0.2) is 0 Å². The number of hydrogen-bond acceptors (Lipinski definition) is 3. The van der Waals surface area contributed by atoms with E-state index < -0.39 is 5.97 Å². The van der Waals surface area contributed by atoms with Gasteiger partial charge in [-0.05, 0) is 53.1 Å². The van der Waals surface area contributed by atoms with Crippen LogP contribution >= 0.6 is 27.3 Å². The number of rotatable bonds is 4. The minimum Gasteiger partial charge on any atom is -0.481 e. The van der Waals surface area contributed by atoms with Gasteiger partial charge in [0.25, 0.3) is 0 Å². The standard InChI is InChI=1S/C16H24BrNO2S/c1-9-13(6-5-12(15(19)20)16(9,3)4)18-10(2)14-7-11(17)8-21-14/h7-10,12-13,18H,5-6H2,1-4H3,(H,19,20). The van der Waals surface area contributed by atoms with Crippen molar-refractivity contribution in [2.24, 2.45) is 17.3 Å². The van der Waals surface area contributed by atoms with Crippen molar-refractivity contribution in [2.45, 2.75) is 52.6 Å². The fourth-order valence-electron chi connectivity index (χ4n) is 3.43. The maximum absolute atomic E-state index is 11.4. The monoisotopic (exact) mass is 373 g/mol. The molecular weight excluding hydrogens is 350 g/mol. The fourth-order valence-corrected chi connectivity index (χ4v) is 4.89. The van der Waals surface area contributed by atoms with E-state index in [0.717, 1.165) is 17.3 Å². The summed E-state index contributed by atoms with van der Waals surface area (Å²) in [6, 6.07) is 2.82. The van der Waals surface area contributed by atoms with Gasteiger partial charge >= 0.3 is 5.97 Å². The number of aliphatic carboxylic acids is 1. The van der Waals surface area contributed by atoms with Gasteiger partial charge in [-0.15, -0.1) is 11.3 Å². The Kier molecular flexibility index (Phi) is 5.16. The van der Waals surface area contributed by atoms with Crippen LogP contribution in [0.5, 0.6) is 0 Å². The predicted molar refractivity (Wildman–Crippen MR) is 90.7 cm³/mol. The van der Waals surface area contributed by atoms with Crippen molar-refractivity contribution < 1.29 is 9.90 Å². The van der Waals surface area contributed by atoms with Gasteiger partial charge < -0.3 is 10.4 Å². The first kappa shape index (κ1) is 17.0. The van der Waals surface area contributed by atoms with Crippen molar-refractivity contribution in [3.63, 3.8) is 0 Å². The summed E-state index contributed by atoms with van der Waals surface area (Å²) < 4.78 is 1.12. The molecule has 0 aromatic carbocycles. The summed E-state index contributed by atoms with van der Waals surface area (Å²) in [6.07, 6.45) is 1.68. The second-order valence-electron chi connectivity index (χ2n) is 6.74. The summed E-state index contributed by atoms with van der Waals surface area (Å²) >= 11 is 5.25. The molecule has 1 heterocycles. The van der Waals surface area contributed by atoms with Crippen molar-refractivity contribution >= 4 is 33.2 Å². The lowest BCUT2D eigenvalue weighted by Gasteiger charge is -2.47. The van der Waals surface area contributed by atoms with Crippen LogP contribution in [-0.2, 0) is 4.79 Å². The van der Waals surface area contributed by atoms with Gasteiger partial charge in [-0.25, -0.2) is 0 Å². The Bertz CT molecular complexity index is 514. The molecule has 1 aromatic heterocycles. The molecule has 0 aliphatic heterocycles. The highest BCUT2D eigenvalue weighted by Crippen LogP contribution is 2.45. The Balaban J connectivity index is 2.07. The first-order valence-electron chi connectivity index (χ1n) is 7.46. The largest absolute Gasteiger partial charge is 0.481 e. The van der Waals surface area contributed by atoms with Crippen molar-refractivity contribution in [1.82, 2.24) is 5.32 Å². The normalized spacial score (nSPS) is 30.0. The smallest absolute Gasteiger partial charge is 0.307 e. The van der Waals surface area contributed by atoms with Gasteiger partial charge in [-0.2, -0.15) is 0 Å². The lowest BCUT2D eigenvalue weighted by molar-refractivity contribution is -0.150. The van der Waals surface area contributed by atoms with Crippen molar-refractivity contribution in [2.75, 3.05) is 0 Å². The number of carbonyl (C=O) groups is 1. The second-order valence-corrected chi connectivity index (χ2v) is 8.60. The SMILES string of the molecule is CC(NC1CCC(C(=O)O)C(C)(C)C1C)c1cc(Br)cs1. The molecule has 0 amide bonds. The summed E-state index contributed by atoms with van der Waals surface area (Å²) in [6.45, 7) is 8.55. The third-order valence-corrected chi connectivity index (χ3v) is 7.09. The molecule has 2 N–H and O–H groups in total. The maximum atomic E-state index is 11.4. The third kappa shape index (κ3) is 3.51. The van der Waals surface area contributed by atoms with Crippen LogP contribution in [-0.4, -0.2) is 17.1 Å². The first-order valence-corrected chi connectivity index (χ1v) is 9.13. The number of nitrogens with one attached hydrogen (secondary N) is 1. The summed E-state index contributed by atoms with van der Waals surface area (Å²) in [5.74, 6) is -0.560. The molecule has 2 rings (SSSR count). The van der Waals surface area contributed by atoms with E-state index in [9.17, 15) is 9.90 Å². The van der Waals surface area contributed by atoms with Gasteiger partial charge in [0.05, 0.1) is 5.92 Å². The van der Waals surface area contributed by atoms with E-state index >= 15 is 0 Å². The highest BCUT2D eigenvalue weighted by molar-refractivity contribution is 9.10. The van der Waals surface area contributed by atoms with Crippen molar-refractivity contribution in [1.29, 1.82) is 0 Å². The third-order valence-electron chi connectivity index (χ3n) is 5.22. The van der Waals surface area contributed by atoms with Gasteiger partial charge in [-0.1, -0.05) is 20.8 Å². The molecule has 118 valence electrons. The van der Waals surface area contributed by atoms with Crippen LogP contribution in [0.2, 0.25) is 0 Å². The summed E-state index contributed by atoms with van der Waals surface area (Å²) in [7, 11) is 0. The molecule has 1 aliphatic rings. The molecule has 3 nitrogen and oxygen atoms in total. The lowest BCUT2D eigenvalue weighted by Crippen LogP contribution is -2.51. The fraction of sp³-hybridized carbons (Fsp3) is 0.688. The Morgan fingerprint density at radius 3 is 2.71 bits per heavy atom. The van der Waals surface area contributed by atoms with Crippen LogP contribution in [0.4, 0.5) is 0 Å². The Morgan fingerprint density at radius 2 is 2.19 bits per heavy atom. The second kappa shape index (κ2) is 6.39. The zero-order chi connectivity index (χ0) is 15.8. The lowest BCUT2D eigenvalue weighted by atomic mass is 9.61. The molecule has 1 aromatic rings. The molecule has 21 heavy (non-hydrogen) atoms. The molecule has 4 unspecified atom stereocenters. The van der Waals surface area contributed by atoms with Gasteiger partial charge in [0.2, 0.25) is 0 Å². The Labute approximate surface area is 139 Å². The van der Waals surface area contributed by atoms with E-state index in [1.807, 2.05) is 0 Å². The summed E-state index contributed by atoms with van der Waals surface area (Å²) in [4.78, 5) is 12.8. The molecular formula is C16H24BrNO2S. The van der Waals surface area contributed by atoms with Gasteiger partial charge in [0, 0.05) is 26.8 Å². The minimum absolute atomic E-state index is 0.183. The highest BCUT2D eigenvalue weighted by atomic mass is 79.9. The van der Waals surface area contributed by atoms with E-state index in [2.05, 4.69) is 60.4 Å². The Hall–Kier alpha value is -0.390. The van der Waals surface area contributed by atoms with Crippen LogP contribution in [0.15, 0.2) is 15.9 Å². The number of carboxylic acid groups (broad SMARTS) is 1. The zero-order valence-electron chi connectivity index (χ0n) is 13.0. The molecule has 0 spiro atoms. The number of hydrogen-bond donors (Lipinski definition) is 2. The quantitative estimate of drug-likeness (QED) is 0.804. The number of thiophene rings is 1. The summed E-state index contributed by atoms with van der Waals surface area (Å²) in [5.41, 5.74) is -0.183. The van der Waals surface area contributed by atoms with E-state index in [0.29, 0.717) is 18.0 Å². The van der Waals surface area contributed by atoms with Crippen molar-refractivity contribution in [3.8, 4) is 0 Å². The van der Waals surface area contributed by atoms with Crippen molar-refractivity contribution in [3.05, 3.63) is 20.8 Å². The van der Waals surface area contributed by atoms with E-state index in [1.165, 1.54) is 4.88 Å². The van der Waals surface area contributed by atoms with Crippen LogP contribution in [0.3, 0.4) is 0 Å². The average molecular weight is 374 g/mol. The zero-order valence-corrected chi connectivity index (χ0v) is 15.4. The average Bonchev–Trinajstić information content (AvgIpc) is 2.81. The van der Waals surface area contributed by atoms with Gasteiger partial charge in [0.1, 0.15) is 0 Å². The van der Waals surface area contributed by atoms with Crippen LogP contribution in [0.25, 0.3) is 0 Å². The maximum Gasteiger partial charge on any atom is 0.307 e. The van der Waals surface area contributed by atoms with Crippen LogP contribution < -0.4 is 5.32 Å². The Morgan fingerprint density at radius 1 is 1.52 bits per heavy atom. The van der Waals surface area contributed by atoms with E-state index in [-0.39, 0.29) is 11.3 Å². The molecule has 4 atom stereocenters. The molecule has 1 saturated carbocycles. The number of carboxylic acids is 1. The molecule has 1 aliphatic carbocycles. The van der Waals surface area contributed by atoms with Crippen LogP contribution in [0.1, 0.15) is 51.5 Å². The topological polar surface area (TPSA) is 49.3 Å². The molecule has 0 bridgehead atoms. The molecule has 5 heteroatoms.